The second kappa shape index (κ2) is 3.61. The topological polar surface area (TPSA) is 25.2 Å². The molecule has 1 aromatic heterocycles. The van der Waals surface area contributed by atoms with E-state index in [1.807, 2.05) is 12.1 Å². The second-order valence-corrected chi connectivity index (χ2v) is 3.22. The molecule has 0 saturated carbocycles. The van der Waals surface area contributed by atoms with Crippen molar-refractivity contribution in [2.45, 2.75) is 12.5 Å². The summed E-state index contributed by atoms with van der Waals surface area (Å²) in [6.45, 7) is 1.11. The molecule has 0 unspecified atom stereocenters. The Labute approximate surface area is 79.9 Å². The molecule has 4 heteroatoms. The Bertz CT molecular complexity index is 234. The summed E-state index contributed by atoms with van der Waals surface area (Å²) in [5.41, 5.74) is 0. The van der Waals surface area contributed by atoms with E-state index in [4.69, 9.17) is 4.42 Å². The molecule has 2 heterocycles. The molecule has 0 radical (unpaired) electrons. The van der Waals surface area contributed by atoms with E-state index in [1.54, 1.807) is 0 Å². The molecule has 1 aliphatic rings. The van der Waals surface area contributed by atoms with Gasteiger partial charge in [-0.1, -0.05) is 0 Å². The average molecular weight is 239 g/mol. The molecule has 0 spiro atoms. The predicted octanol–water partition coefficient (Wildman–Crippen LogP) is 2.50. The van der Waals surface area contributed by atoms with E-state index < -0.39 is 0 Å². The molecule has 1 fully saturated rings. The highest BCUT2D eigenvalue weighted by molar-refractivity contribution is 9.10. The van der Waals surface area contributed by atoms with Crippen molar-refractivity contribution in [3.8, 4) is 0 Å². The lowest BCUT2D eigenvalue weighted by molar-refractivity contribution is 0.314. The summed E-state index contributed by atoms with van der Waals surface area (Å²) in [6, 6.07) is 4.39. The number of rotatable bonds is 1. The molecule has 2 nitrogen and oxygen atoms in total. The maximum absolute atomic E-state index is 5.34. The van der Waals surface area contributed by atoms with Crippen LogP contribution in [0.3, 0.4) is 0 Å². The van der Waals surface area contributed by atoms with Crippen LogP contribution in [0.2, 0.25) is 0 Å². The van der Waals surface area contributed by atoms with Gasteiger partial charge in [0, 0.05) is 0 Å². The van der Waals surface area contributed by atoms with Crippen LogP contribution in [0.1, 0.15) is 18.2 Å². The molecule has 0 bridgehead atoms. The van der Waals surface area contributed by atoms with Crippen LogP contribution in [0.4, 0.5) is 0 Å². The lowest BCUT2D eigenvalue weighted by atomic mass is 10.1. The summed E-state index contributed by atoms with van der Waals surface area (Å²) in [6.07, 6.45) is 1.19. The molecule has 1 atom stereocenters. The van der Waals surface area contributed by atoms with Crippen LogP contribution in [-0.2, 0) is 0 Å². The highest BCUT2D eigenvalue weighted by Crippen LogP contribution is 2.26. The van der Waals surface area contributed by atoms with Crippen molar-refractivity contribution in [1.82, 2.24) is 5.32 Å². The molecule has 0 aromatic carbocycles. The van der Waals surface area contributed by atoms with Crippen LogP contribution in [0.25, 0.3) is 0 Å². The van der Waals surface area contributed by atoms with Gasteiger partial charge in [-0.15, -0.1) is 12.4 Å². The Morgan fingerprint density at radius 2 is 2.27 bits per heavy atom. The number of halogens is 2. The molecule has 2 rings (SSSR count). The van der Waals surface area contributed by atoms with E-state index in [2.05, 4.69) is 21.2 Å². The fourth-order valence-corrected chi connectivity index (χ4v) is 1.37. The average Bonchev–Trinajstić information content (AvgIpc) is 2.10. The van der Waals surface area contributed by atoms with Gasteiger partial charge in [-0.05, 0) is 41.0 Å². The fraction of sp³-hybridized carbons (Fsp3) is 0.429. The van der Waals surface area contributed by atoms with E-state index in [1.165, 1.54) is 6.42 Å². The SMILES string of the molecule is Brc1ccc([C@@H]2CCN2)o1.Cl. The van der Waals surface area contributed by atoms with E-state index in [0.29, 0.717) is 6.04 Å². The van der Waals surface area contributed by atoms with Gasteiger partial charge in [0.1, 0.15) is 5.76 Å². The lowest BCUT2D eigenvalue weighted by Crippen LogP contribution is -2.34. The zero-order valence-corrected chi connectivity index (χ0v) is 8.24. The summed E-state index contributed by atoms with van der Waals surface area (Å²) in [5.74, 6) is 1.04. The smallest absolute Gasteiger partial charge is 0.169 e. The van der Waals surface area contributed by atoms with Crippen molar-refractivity contribution in [3.05, 3.63) is 22.6 Å². The Balaban J connectivity index is 0.000000605. The maximum atomic E-state index is 5.34. The minimum absolute atomic E-state index is 0. The Hall–Kier alpha value is 0.01000. The Morgan fingerprint density at radius 3 is 2.64 bits per heavy atom. The zero-order chi connectivity index (χ0) is 6.97. The third-order valence-corrected chi connectivity index (χ3v) is 2.19. The first kappa shape index (κ1) is 9.10. The molecular formula is C7H9BrClNO. The normalized spacial score (nSPS) is 22.1. The van der Waals surface area contributed by atoms with Crippen molar-refractivity contribution in [1.29, 1.82) is 0 Å². The lowest BCUT2D eigenvalue weighted by Gasteiger charge is -2.25. The van der Waals surface area contributed by atoms with E-state index in [9.17, 15) is 0 Å². The highest BCUT2D eigenvalue weighted by atomic mass is 79.9. The third kappa shape index (κ3) is 1.78. The van der Waals surface area contributed by atoms with Crippen LogP contribution in [0.5, 0.6) is 0 Å². The van der Waals surface area contributed by atoms with E-state index in [0.717, 1.165) is 17.0 Å². The standard InChI is InChI=1S/C7H8BrNO.ClH/c8-7-2-1-6(10-7)5-3-4-9-5;/h1-2,5,9H,3-4H2;1H/t5-;/m0./s1. The summed E-state index contributed by atoms with van der Waals surface area (Å²) in [4.78, 5) is 0. The van der Waals surface area contributed by atoms with Gasteiger partial charge >= 0.3 is 0 Å². The summed E-state index contributed by atoms with van der Waals surface area (Å²) < 4.78 is 6.16. The Kier molecular flexibility index (Phi) is 2.98. The number of hydrogen-bond acceptors (Lipinski definition) is 2. The van der Waals surface area contributed by atoms with Gasteiger partial charge < -0.3 is 9.73 Å². The third-order valence-electron chi connectivity index (χ3n) is 1.76. The van der Waals surface area contributed by atoms with Crippen LogP contribution in [0, 0.1) is 0 Å². The predicted molar refractivity (Wildman–Crippen MR) is 49.0 cm³/mol. The highest BCUT2D eigenvalue weighted by Gasteiger charge is 2.21. The fourth-order valence-electron chi connectivity index (χ4n) is 1.05. The first-order valence-corrected chi connectivity index (χ1v) is 4.14. The van der Waals surface area contributed by atoms with Gasteiger partial charge in [-0.3, -0.25) is 0 Å². The first-order valence-electron chi connectivity index (χ1n) is 3.35. The van der Waals surface area contributed by atoms with E-state index in [-0.39, 0.29) is 12.4 Å². The summed E-state index contributed by atoms with van der Waals surface area (Å²) in [5, 5.41) is 3.26. The van der Waals surface area contributed by atoms with Gasteiger partial charge in [-0.2, -0.15) is 0 Å². The number of furan rings is 1. The zero-order valence-electron chi connectivity index (χ0n) is 5.84. The molecule has 1 N–H and O–H groups in total. The minimum Gasteiger partial charge on any atom is -0.453 e. The van der Waals surface area contributed by atoms with Crippen molar-refractivity contribution in [3.63, 3.8) is 0 Å². The largest absolute Gasteiger partial charge is 0.453 e. The molecule has 11 heavy (non-hydrogen) atoms. The van der Waals surface area contributed by atoms with Crippen LogP contribution in [-0.4, -0.2) is 6.54 Å². The Morgan fingerprint density at radius 1 is 1.55 bits per heavy atom. The van der Waals surface area contributed by atoms with Crippen LogP contribution < -0.4 is 5.32 Å². The molecule has 0 aliphatic carbocycles. The molecule has 1 aliphatic heterocycles. The minimum atomic E-state index is 0. The van der Waals surface area contributed by atoms with Gasteiger partial charge in [0.15, 0.2) is 4.67 Å². The van der Waals surface area contributed by atoms with Crippen molar-refractivity contribution in [2.24, 2.45) is 0 Å². The number of nitrogens with one attached hydrogen (secondary N) is 1. The van der Waals surface area contributed by atoms with Gasteiger partial charge in [0.25, 0.3) is 0 Å². The quantitative estimate of drug-likeness (QED) is 0.813. The summed E-state index contributed by atoms with van der Waals surface area (Å²) in [7, 11) is 0. The molecule has 1 aromatic rings. The van der Waals surface area contributed by atoms with Crippen LogP contribution in [0.15, 0.2) is 21.2 Å². The molecule has 1 saturated heterocycles. The van der Waals surface area contributed by atoms with Crippen LogP contribution >= 0.6 is 28.3 Å². The molecule has 0 amide bonds. The maximum Gasteiger partial charge on any atom is 0.169 e. The van der Waals surface area contributed by atoms with Gasteiger partial charge in [0.2, 0.25) is 0 Å². The first-order chi connectivity index (χ1) is 4.86. The number of hydrogen-bond donors (Lipinski definition) is 1. The van der Waals surface area contributed by atoms with Crippen molar-refractivity contribution in [2.75, 3.05) is 6.54 Å². The molecular weight excluding hydrogens is 229 g/mol. The summed E-state index contributed by atoms with van der Waals surface area (Å²) >= 11 is 3.26. The van der Waals surface area contributed by atoms with Crippen molar-refractivity contribution < 1.29 is 4.42 Å². The second-order valence-electron chi connectivity index (χ2n) is 2.44. The monoisotopic (exact) mass is 237 g/mol. The van der Waals surface area contributed by atoms with E-state index >= 15 is 0 Å². The molecule has 62 valence electrons. The van der Waals surface area contributed by atoms with Crippen molar-refractivity contribution >= 4 is 28.3 Å². The van der Waals surface area contributed by atoms with Gasteiger partial charge in [0.05, 0.1) is 6.04 Å². The van der Waals surface area contributed by atoms with Gasteiger partial charge in [-0.25, -0.2) is 0 Å².